The van der Waals surface area contributed by atoms with E-state index in [1.165, 1.54) is 34.5 Å². The fourth-order valence-electron chi connectivity index (χ4n) is 5.21. The highest BCUT2D eigenvalue weighted by Crippen LogP contribution is 2.45. The van der Waals surface area contributed by atoms with E-state index in [9.17, 15) is 9.18 Å². The minimum atomic E-state index is -0.221. The monoisotopic (exact) mass is 463 g/mol. The standard InChI is InChI=1S/C27H30FN3OS/c1-19(32)29-27-25(23-9-5-6-10-24(23)33-27)26(20-11-13-21(28)14-12-20)31-17-15-30(16-18-31)22-7-3-2-4-8-22/h2-4,7-8,11-14,26H,5-6,9-10,15-18H2,1H3,(H,29,32). The zero-order valence-electron chi connectivity index (χ0n) is 19.0. The Morgan fingerprint density at radius 2 is 1.67 bits per heavy atom. The molecule has 0 saturated carbocycles. The number of anilines is 2. The molecule has 1 unspecified atom stereocenters. The SMILES string of the molecule is CC(=O)Nc1sc2c(c1C(c1ccc(F)cc1)N1CCN(c3ccccc3)CC1)CCCC2. The van der Waals surface area contributed by atoms with Crippen molar-refractivity contribution in [2.75, 3.05) is 36.4 Å². The second-order valence-electron chi connectivity index (χ2n) is 8.95. The van der Waals surface area contributed by atoms with Crippen LogP contribution in [-0.2, 0) is 17.6 Å². The van der Waals surface area contributed by atoms with Gasteiger partial charge in [-0.05, 0) is 61.1 Å². The van der Waals surface area contributed by atoms with Crippen LogP contribution < -0.4 is 10.2 Å². The number of benzene rings is 2. The third kappa shape index (κ3) is 4.68. The zero-order chi connectivity index (χ0) is 22.8. The minimum absolute atomic E-state index is 0.00322. The molecule has 3 aromatic rings. The maximum Gasteiger partial charge on any atom is 0.221 e. The quantitative estimate of drug-likeness (QED) is 0.532. The first-order chi connectivity index (χ1) is 16.1. The number of nitrogens with one attached hydrogen (secondary N) is 1. The van der Waals surface area contributed by atoms with E-state index in [2.05, 4.69) is 39.4 Å². The van der Waals surface area contributed by atoms with Crippen molar-refractivity contribution in [2.45, 2.75) is 38.6 Å². The molecule has 1 fully saturated rings. The summed E-state index contributed by atoms with van der Waals surface area (Å²) in [5, 5.41) is 4.10. The molecule has 2 heterocycles. The van der Waals surface area contributed by atoms with Gasteiger partial charge in [-0.3, -0.25) is 9.69 Å². The number of thiophene rings is 1. The lowest BCUT2D eigenvalue weighted by molar-refractivity contribution is -0.114. The van der Waals surface area contributed by atoms with Crippen LogP contribution in [0.5, 0.6) is 0 Å². The first-order valence-electron chi connectivity index (χ1n) is 11.8. The summed E-state index contributed by atoms with van der Waals surface area (Å²) >= 11 is 1.73. The predicted octanol–water partition coefficient (Wildman–Crippen LogP) is 5.64. The van der Waals surface area contributed by atoms with Gasteiger partial charge in [-0.2, -0.15) is 0 Å². The van der Waals surface area contributed by atoms with Crippen molar-refractivity contribution in [3.05, 3.63) is 82.0 Å². The number of hydrogen-bond donors (Lipinski definition) is 1. The molecule has 1 saturated heterocycles. The molecule has 1 aliphatic carbocycles. The van der Waals surface area contributed by atoms with Gasteiger partial charge in [0.25, 0.3) is 0 Å². The molecule has 1 aromatic heterocycles. The van der Waals surface area contributed by atoms with Gasteiger partial charge in [-0.15, -0.1) is 11.3 Å². The van der Waals surface area contributed by atoms with E-state index in [-0.39, 0.29) is 17.8 Å². The molecule has 6 heteroatoms. The highest BCUT2D eigenvalue weighted by molar-refractivity contribution is 7.16. The fraction of sp³-hybridized carbons (Fsp3) is 0.370. The van der Waals surface area contributed by atoms with Crippen LogP contribution in [-0.4, -0.2) is 37.0 Å². The molecule has 172 valence electrons. The summed E-state index contributed by atoms with van der Waals surface area (Å²) in [5.74, 6) is -0.262. The summed E-state index contributed by atoms with van der Waals surface area (Å²) in [7, 11) is 0. The highest BCUT2D eigenvalue weighted by atomic mass is 32.1. The lowest BCUT2D eigenvalue weighted by atomic mass is 9.88. The maximum absolute atomic E-state index is 13.8. The summed E-state index contributed by atoms with van der Waals surface area (Å²) in [6.45, 7) is 5.25. The van der Waals surface area contributed by atoms with Gasteiger partial charge in [-0.1, -0.05) is 30.3 Å². The van der Waals surface area contributed by atoms with Crippen molar-refractivity contribution < 1.29 is 9.18 Å². The zero-order valence-corrected chi connectivity index (χ0v) is 19.8. The van der Waals surface area contributed by atoms with Crippen LogP contribution in [0.2, 0.25) is 0 Å². The van der Waals surface area contributed by atoms with Gasteiger partial charge in [0.1, 0.15) is 10.8 Å². The van der Waals surface area contributed by atoms with E-state index in [1.807, 2.05) is 18.2 Å². The Morgan fingerprint density at radius 3 is 2.36 bits per heavy atom. The summed E-state index contributed by atoms with van der Waals surface area (Å²) in [6, 6.07) is 17.5. The van der Waals surface area contributed by atoms with Crippen LogP contribution in [0.25, 0.3) is 0 Å². The minimum Gasteiger partial charge on any atom is -0.369 e. The third-order valence-corrected chi connectivity index (χ3v) is 7.98. The Morgan fingerprint density at radius 1 is 0.970 bits per heavy atom. The molecule has 1 atom stereocenters. The van der Waals surface area contributed by atoms with Gasteiger partial charge in [0, 0.05) is 49.2 Å². The first kappa shape index (κ1) is 22.1. The van der Waals surface area contributed by atoms with Gasteiger partial charge >= 0.3 is 0 Å². The molecule has 1 amide bonds. The second-order valence-corrected chi connectivity index (χ2v) is 10.1. The van der Waals surface area contributed by atoms with Crippen molar-refractivity contribution in [3.63, 3.8) is 0 Å². The topological polar surface area (TPSA) is 35.6 Å². The summed E-state index contributed by atoms with van der Waals surface area (Å²) < 4.78 is 13.8. The molecule has 1 N–H and O–H groups in total. The number of fused-ring (bicyclic) bond motifs is 1. The van der Waals surface area contributed by atoms with Gasteiger partial charge in [0.15, 0.2) is 0 Å². The normalized spacial score (nSPS) is 17.5. The number of hydrogen-bond acceptors (Lipinski definition) is 4. The smallest absolute Gasteiger partial charge is 0.221 e. The Hall–Kier alpha value is -2.70. The molecular weight excluding hydrogens is 433 g/mol. The van der Waals surface area contributed by atoms with Crippen LogP contribution >= 0.6 is 11.3 Å². The molecule has 0 bridgehead atoms. The number of aryl methyl sites for hydroxylation is 1. The van der Waals surface area contributed by atoms with Gasteiger partial charge < -0.3 is 10.2 Å². The molecule has 2 aliphatic rings. The van der Waals surface area contributed by atoms with Gasteiger partial charge in [-0.25, -0.2) is 4.39 Å². The van der Waals surface area contributed by atoms with E-state index >= 15 is 0 Å². The van der Waals surface area contributed by atoms with Crippen LogP contribution in [0.15, 0.2) is 54.6 Å². The van der Waals surface area contributed by atoms with Crippen LogP contribution in [0.1, 0.15) is 47.4 Å². The predicted molar refractivity (Wildman–Crippen MR) is 134 cm³/mol. The lowest BCUT2D eigenvalue weighted by Gasteiger charge is -2.41. The van der Waals surface area contributed by atoms with E-state index < -0.39 is 0 Å². The molecule has 5 rings (SSSR count). The molecule has 2 aromatic carbocycles. The highest BCUT2D eigenvalue weighted by Gasteiger charge is 2.33. The second kappa shape index (κ2) is 9.65. The van der Waals surface area contributed by atoms with E-state index in [0.717, 1.165) is 49.6 Å². The molecule has 0 spiro atoms. The fourth-order valence-corrected chi connectivity index (χ4v) is 6.58. The van der Waals surface area contributed by atoms with Crippen LogP contribution in [0.3, 0.4) is 0 Å². The third-order valence-electron chi connectivity index (χ3n) is 6.76. The van der Waals surface area contributed by atoms with E-state index in [0.29, 0.717) is 0 Å². The first-order valence-corrected chi connectivity index (χ1v) is 12.6. The Kier molecular flexibility index (Phi) is 6.47. The number of para-hydroxylation sites is 1. The van der Waals surface area contributed by atoms with Crippen molar-refractivity contribution in [3.8, 4) is 0 Å². The van der Waals surface area contributed by atoms with Gasteiger partial charge in [0.05, 0.1) is 6.04 Å². The summed E-state index contributed by atoms with van der Waals surface area (Å²) in [4.78, 5) is 18.4. The van der Waals surface area contributed by atoms with Crippen LogP contribution in [0, 0.1) is 5.82 Å². The molecule has 33 heavy (non-hydrogen) atoms. The van der Waals surface area contributed by atoms with E-state index in [1.54, 1.807) is 30.4 Å². The molecule has 0 radical (unpaired) electrons. The van der Waals surface area contributed by atoms with Crippen molar-refractivity contribution in [1.29, 1.82) is 0 Å². The Balaban J connectivity index is 1.52. The number of carbonyl (C=O) groups is 1. The largest absolute Gasteiger partial charge is 0.369 e. The average Bonchev–Trinajstić information content (AvgIpc) is 3.18. The number of halogens is 1. The number of nitrogens with zero attached hydrogens (tertiary/aromatic N) is 2. The summed E-state index contributed by atoms with van der Waals surface area (Å²) in [5.41, 5.74) is 4.96. The Labute approximate surface area is 199 Å². The summed E-state index contributed by atoms with van der Waals surface area (Å²) in [6.07, 6.45) is 4.49. The number of amides is 1. The van der Waals surface area contributed by atoms with Gasteiger partial charge in [0.2, 0.25) is 5.91 Å². The van der Waals surface area contributed by atoms with Crippen molar-refractivity contribution >= 4 is 27.9 Å². The number of piperazine rings is 1. The van der Waals surface area contributed by atoms with E-state index in [4.69, 9.17) is 0 Å². The maximum atomic E-state index is 13.8. The molecular formula is C27H30FN3OS. The number of rotatable bonds is 5. The van der Waals surface area contributed by atoms with Crippen LogP contribution in [0.4, 0.5) is 15.1 Å². The Bertz CT molecular complexity index is 1100. The number of carbonyl (C=O) groups excluding carboxylic acids is 1. The lowest BCUT2D eigenvalue weighted by Crippen LogP contribution is -2.48. The molecule has 4 nitrogen and oxygen atoms in total. The van der Waals surface area contributed by atoms with Crippen molar-refractivity contribution in [1.82, 2.24) is 4.90 Å². The average molecular weight is 464 g/mol. The van der Waals surface area contributed by atoms with Crippen molar-refractivity contribution in [2.24, 2.45) is 0 Å². The molecule has 1 aliphatic heterocycles.